The van der Waals surface area contributed by atoms with Gasteiger partial charge in [0.15, 0.2) is 0 Å². The van der Waals surface area contributed by atoms with Gasteiger partial charge in [0, 0.05) is 23.7 Å². The van der Waals surface area contributed by atoms with Crippen LogP contribution in [0, 0.1) is 17.3 Å². The van der Waals surface area contributed by atoms with E-state index in [2.05, 4.69) is 41.2 Å². The lowest BCUT2D eigenvalue weighted by Gasteiger charge is -2.61. The molecular weight excluding hydrogens is 376 g/mol. The summed E-state index contributed by atoms with van der Waals surface area (Å²) in [5.74, 6) is 1.38. The third-order valence-corrected chi connectivity index (χ3v) is 8.11. The Labute approximate surface area is 179 Å². The minimum absolute atomic E-state index is 0.0408. The van der Waals surface area contributed by atoms with Crippen LogP contribution in [0.15, 0.2) is 6.20 Å². The van der Waals surface area contributed by atoms with Crippen molar-refractivity contribution in [2.75, 3.05) is 0 Å². The summed E-state index contributed by atoms with van der Waals surface area (Å²) >= 11 is 0. The minimum atomic E-state index is -0.315. The molecule has 2 N–H and O–H groups in total. The van der Waals surface area contributed by atoms with Crippen LogP contribution < -0.4 is 10.6 Å². The van der Waals surface area contributed by atoms with Crippen LogP contribution in [0.3, 0.4) is 0 Å². The first-order valence-electron chi connectivity index (χ1n) is 11.8. The molecule has 6 nitrogen and oxygen atoms in total. The normalized spacial score (nSPS) is 37.0. The molecule has 2 amide bonds. The molecule has 0 aliphatic heterocycles. The molecule has 30 heavy (non-hydrogen) atoms. The van der Waals surface area contributed by atoms with Gasteiger partial charge < -0.3 is 10.6 Å². The second-order valence-corrected chi connectivity index (χ2v) is 11.8. The van der Waals surface area contributed by atoms with E-state index in [9.17, 15) is 9.59 Å². The van der Waals surface area contributed by atoms with E-state index in [0.29, 0.717) is 11.8 Å². The summed E-state index contributed by atoms with van der Waals surface area (Å²) < 4.78 is 2.14. The summed E-state index contributed by atoms with van der Waals surface area (Å²) in [6, 6.07) is 0.0575. The van der Waals surface area contributed by atoms with Gasteiger partial charge in [0.25, 0.3) is 0 Å². The maximum atomic E-state index is 13.8. The fourth-order valence-corrected chi connectivity index (χ4v) is 7.64. The van der Waals surface area contributed by atoms with Crippen molar-refractivity contribution < 1.29 is 9.59 Å². The molecule has 1 aromatic heterocycles. The maximum absolute atomic E-state index is 13.8. The lowest BCUT2D eigenvalue weighted by molar-refractivity contribution is -0.153. The van der Waals surface area contributed by atoms with Crippen LogP contribution >= 0.6 is 0 Å². The highest BCUT2D eigenvalue weighted by molar-refractivity contribution is 5.84. The van der Waals surface area contributed by atoms with Crippen LogP contribution in [-0.4, -0.2) is 27.1 Å². The molecular formula is C24H36N4O2. The number of aromatic nitrogens is 2. The topological polar surface area (TPSA) is 76.0 Å². The van der Waals surface area contributed by atoms with Crippen molar-refractivity contribution in [3.05, 3.63) is 17.5 Å². The van der Waals surface area contributed by atoms with E-state index in [1.165, 1.54) is 17.7 Å². The number of hydrogen-bond donors (Lipinski definition) is 2. The molecule has 6 heteroatoms. The minimum Gasteiger partial charge on any atom is -0.351 e. The molecule has 0 aromatic carbocycles. The highest BCUT2D eigenvalue weighted by Gasteiger charge is 2.61. The Balaban J connectivity index is 1.39. The zero-order chi connectivity index (χ0) is 21.3. The average molecular weight is 413 g/mol. The molecule has 6 rings (SSSR count). The molecule has 1 aromatic rings. The Bertz CT molecular complexity index is 866. The summed E-state index contributed by atoms with van der Waals surface area (Å²) in [4.78, 5) is 25.7. The molecule has 0 unspecified atom stereocenters. The Morgan fingerprint density at radius 3 is 2.50 bits per heavy atom. The number of rotatable bonds is 3. The largest absolute Gasteiger partial charge is 0.351 e. The lowest BCUT2D eigenvalue weighted by atomic mass is 9.46. The SMILES string of the molecule is CC(=O)NC12C[C@H]3C[C@H](C1)CC(C(=O)N[C@@H]1CCCc4c1cnn4C(C)(C)C)(C3)C2. The van der Waals surface area contributed by atoms with Crippen molar-refractivity contribution in [1.29, 1.82) is 0 Å². The molecule has 4 fully saturated rings. The average Bonchev–Trinajstić information content (AvgIpc) is 3.04. The van der Waals surface area contributed by atoms with E-state index in [4.69, 9.17) is 0 Å². The fourth-order valence-electron chi connectivity index (χ4n) is 7.64. The van der Waals surface area contributed by atoms with E-state index in [1.807, 2.05) is 6.20 Å². The predicted molar refractivity (Wildman–Crippen MR) is 115 cm³/mol. The zero-order valence-corrected chi connectivity index (χ0v) is 18.9. The van der Waals surface area contributed by atoms with Gasteiger partial charge in [0.1, 0.15) is 0 Å². The number of nitrogens with zero attached hydrogens (tertiary/aromatic N) is 2. The molecule has 0 saturated heterocycles. The molecule has 4 saturated carbocycles. The van der Waals surface area contributed by atoms with Gasteiger partial charge in [-0.15, -0.1) is 0 Å². The van der Waals surface area contributed by atoms with Crippen LogP contribution in [0.4, 0.5) is 0 Å². The van der Waals surface area contributed by atoms with Crippen molar-refractivity contribution in [2.45, 2.75) is 103 Å². The molecule has 0 radical (unpaired) electrons. The van der Waals surface area contributed by atoms with Crippen LogP contribution in [0.25, 0.3) is 0 Å². The van der Waals surface area contributed by atoms with Crippen molar-refractivity contribution in [3.8, 4) is 0 Å². The van der Waals surface area contributed by atoms with Crippen molar-refractivity contribution >= 4 is 11.8 Å². The number of carbonyl (C=O) groups is 2. The van der Waals surface area contributed by atoms with E-state index in [-0.39, 0.29) is 34.3 Å². The second-order valence-electron chi connectivity index (χ2n) is 11.8. The quantitative estimate of drug-likeness (QED) is 0.796. The Morgan fingerprint density at radius 2 is 1.87 bits per heavy atom. The van der Waals surface area contributed by atoms with Gasteiger partial charge in [-0.3, -0.25) is 14.3 Å². The highest BCUT2D eigenvalue weighted by Crippen LogP contribution is 2.61. The zero-order valence-electron chi connectivity index (χ0n) is 18.9. The predicted octanol–water partition coefficient (Wildman–Crippen LogP) is 3.61. The molecule has 164 valence electrons. The first-order valence-corrected chi connectivity index (χ1v) is 11.8. The monoisotopic (exact) mass is 412 g/mol. The van der Waals surface area contributed by atoms with Crippen molar-refractivity contribution in [1.82, 2.24) is 20.4 Å². The third-order valence-electron chi connectivity index (χ3n) is 8.11. The molecule has 3 atom stereocenters. The first kappa shape index (κ1) is 20.1. The molecule has 1 heterocycles. The van der Waals surface area contributed by atoms with Gasteiger partial charge in [-0.1, -0.05) is 0 Å². The number of amides is 2. The fraction of sp³-hybridized carbons (Fsp3) is 0.792. The molecule has 4 bridgehead atoms. The summed E-state index contributed by atoms with van der Waals surface area (Å²) in [6.07, 6.45) is 11.1. The van der Waals surface area contributed by atoms with Crippen molar-refractivity contribution in [2.24, 2.45) is 17.3 Å². The standard InChI is InChI=1S/C24H36N4O2/c1-15(29)27-24-11-16-8-17(12-24)10-23(9-16,14-24)21(30)26-19-6-5-7-20-18(19)13-25-28(20)22(2,3)4/h13,16-17,19H,5-12,14H2,1-4H3,(H,26,30)(H,27,29)/t16-,17-,19+,23?,24?/m0/s1. The van der Waals surface area contributed by atoms with Gasteiger partial charge in [-0.05, 0) is 90.4 Å². The lowest BCUT2D eigenvalue weighted by Crippen LogP contribution is -2.65. The number of nitrogens with one attached hydrogen (secondary N) is 2. The van der Waals surface area contributed by atoms with Gasteiger partial charge >= 0.3 is 0 Å². The van der Waals surface area contributed by atoms with Crippen molar-refractivity contribution in [3.63, 3.8) is 0 Å². The maximum Gasteiger partial charge on any atom is 0.226 e. The smallest absolute Gasteiger partial charge is 0.226 e. The first-order chi connectivity index (χ1) is 14.1. The van der Waals surface area contributed by atoms with Gasteiger partial charge in [-0.25, -0.2) is 0 Å². The highest BCUT2D eigenvalue weighted by atomic mass is 16.2. The van der Waals surface area contributed by atoms with E-state index in [0.717, 1.165) is 51.4 Å². The summed E-state index contributed by atoms with van der Waals surface area (Å²) in [7, 11) is 0. The van der Waals surface area contributed by atoms with E-state index < -0.39 is 0 Å². The van der Waals surface area contributed by atoms with Gasteiger partial charge in [0.2, 0.25) is 11.8 Å². The summed E-state index contributed by atoms with van der Waals surface area (Å²) in [6.45, 7) is 8.15. The van der Waals surface area contributed by atoms with Crippen LogP contribution in [-0.2, 0) is 21.5 Å². The van der Waals surface area contributed by atoms with Crippen LogP contribution in [0.5, 0.6) is 0 Å². The Morgan fingerprint density at radius 1 is 1.17 bits per heavy atom. The summed E-state index contributed by atoms with van der Waals surface area (Å²) in [5, 5.41) is 11.4. The van der Waals surface area contributed by atoms with Gasteiger partial charge in [-0.2, -0.15) is 5.10 Å². The van der Waals surface area contributed by atoms with E-state index in [1.54, 1.807) is 6.92 Å². The van der Waals surface area contributed by atoms with E-state index >= 15 is 0 Å². The molecule has 5 aliphatic carbocycles. The van der Waals surface area contributed by atoms with Crippen LogP contribution in [0.2, 0.25) is 0 Å². The molecule has 0 spiro atoms. The molecule has 5 aliphatic rings. The Hall–Kier alpha value is -1.85. The number of fused-ring (bicyclic) bond motifs is 1. The third kappa shape index (κ3) is 3.18. The Kier molecular flexibility index (Phi) is 4.40. The van der Waals surface area contributed by atoms with Gasteiger partial charge in [0.05, 0.1) is 23.2 Å². The van der Waals surface area contributed by atoms with Crippen LogP contribution in [0.1, 0.15) is 96.4 Å². The second kappa shape index (κ2) is 6.57. The number of carbonyl (C=O) groups excluding carboxylic acids is 2. The summed E-state index contributed by atoms with van der Waals surface area (Å²) in [5.41, 5.74) is 1.95. The number of hydrogen-bond acceptors (Lipinski definition) is 3.